The maximum atomic E-state index is 12.0. The number of esters is 1. The zero-order valence-electron chi connectivity index (χ0n) is 12.3. The zero-order valence-corrected chi connectivity index (χ0v) is 13.1. The second-order valence-corrected chi connectivity index (χ2v) is 5.92. The van der Waals surface area contributed by atoms with Crippen molar-refractivity contribution in [3.63, 3.8) is 0 Å². The molecule has 1 N–H and O–H groups in total. The molecule has 21 heavy (non-hydrogen) atoms. The SMILES string of the molecule is C/C=C1\C(=O)N2C(C(=O)OC)=C(SCCNC(C)=O)C[C@H]12. The first-order chi connectivity index (χ1) is 10.0. The van der Waals surface area contributed by atoms with E-state index in [4.69, 9.17) is 4.74 Å². The molecule has 0 unspecified atom stereocenters. The molecular formula is C14H18N2O4S. The van der Waals surface area contributed by atoms with E-state index in [9.17, 15) is 14.4 Å². The first-order valence-electron chi connectivity index (χ1n) is 6.69. The molecule has 0 aromatic rings. The first kappa shape index (κ1) is 15.6. The fourth-order valence-corrected chi connectivity index (χ4v) is 3.56. The molecule has 114 valence electrons. The van der Waals surface area contributed by atoms with Gasteiger partial charge in [0.25, 0.3) is 5.91 Å². The van der Waals surface area contributed by atoms with E-state index >= 15 is 0 Å². The minimum absolute atomic E-state index is 0.0418. The van der Waals surface area contributed by atoms with Crippen LogP contribution < -0.4 is 5.32 Å². The van der Waals surface area contributed by atoms with Gasteiger partial charge in [0.05, 0.1) is 13.2 Å². The second kappa shape index (κ2) is 6.34. The number of methoxy groups -OCH3 is 1. The zero-order chi connectivity index (χ0) is 15.6. The van der Waals surface area contributed by atoms with Crippen molar-refractivity contribution in [2.24, 2.45) is 0 Å². The molecule has 2 rings (SSSR count). The number of thioether (sulfide) groups is 1. The smallest absolute Gasteiger partial charge is 0.355 e. The number of allylic oxidation sites excluding steroid dienone is 1. The van der Waals surface area contributed by atoms with Crippen molar-refractivity contribution >= 4 is 29.5 Å². The summed E-state index contributed by atoms with van der Waals surface area (Å²) in [6.07, 6.45) is 2.43. The van der Waals surface area contributed by atoms with Gasteiger partial charge in [-0.05, 0) is 6.92 Å². The Labute approximate surface area is 127 Å². The lowest BCUT2D eigenvalue weighted by Crippen LogP contribution is -2.52. The van der Waals surface area contributed by atoms with Crippen molar-refractivity contribution in [1.82, 2.24) is 10.2 Å². The van der Waals surface area contributed by atoms with Gasteiger partial charge < -0.3 is 10.1 Å². The van der Waals surface area contributed by atoms with Gasteiger partial charge >= 0.3 is 5.97 Å². The van der Waals surface area contributed by atoms with Crippen molar-refractivity contribution in [2.45, 2.75) is 26.3 Å². The Morgan fingerprint density at radius 2 is 2.24 bits per heavy atom. The second-order valence-electron chi connectivity index (χ2n) is 4.73. The Hall–Kier alpha value is -1.76. The Bertz CT molecular complexity index is 553. The highest BCUT2D eigenvalue weighted by Crippen LogP contribution is 2.45. The lowest BCUT2D eigenvalue weighted by Gasteiger charge is -2.38. The third-order valence-corrected chi connectivity index (χ3v) is 4.58. The Kier molecular flexibility index (Phi) is 4.72. The van der Waals surface area contributed by atoms with Crippen molar-refractivity contribution in [3.8, 4) is 0 Å². The summed E-state index contributed by atoms with van der Waals surface area (Å²) in [6.45, 7) is 3.81. The molecule has 0 aromatic carbocycles. The third kappa shape index (κ3) is 2.83. The average Bonchev–Trinajstić information content (AvgIpc) is 2.78. The van der Waals surface area contributed by atoms with Crippen molar-refractivity contribution in [2.75, 3.05) is 19.4 Å². The summed E-state index contributed by atoms with van der Waals surface area (Å²) >= 11 is 1.48. The highest BCUT2D eigenvalue weighted by Gasteiger charge is 2.51. The molecule has 7 heteroatoms. The number of β-lactam (4-membered cyclic amide) rings is 1. The van der Waals surface area contributed by atoms with Crippen LogP contribution in [0.15, 0.2) is 22.3 Å². The van der Waals surface area contributed by atoms with E-state index in [1.807, 2.05) is 6.92 Å². The predicted molar refractivity (Wildman–Crippen MR) is 79.2 cm³/mol. The Morgan fingerprint density at radius 1 is 1.52 bits per heavy atom. The Balaban J connectivity index is 2.10. The van der Waals surface area contributed by atoms with Crippen LogP contribution in [0.2, 0.25) is 0 Å². The van der Waals surface area contributed by atoms with E-state index in [0.717, 1.165) is 10.5 Å². The molecule has 0 aliphatic carbocycles. The van der Waals surface area contributed by atoms with Crippen molar-refractivity contribution < 1.29 is 19.1 Å². The number of fused-ring (bicyclic) bond motifs is 1. The standard InChI is InChI=1S/C14H18N2O4S/c1-4-9-10-7-11(21-6-5-15-8(2)17)12(14(19)20-3)16(10)13(9)18/h4,10H,5-7H2,1-3H3,(H,15,17)/b9-4-/t10-/m1/s1. The molecule has 2 aliphatic heterocycles. The van der Waals surface area contributed by atoms with Crippen LogP contribution in [-0.4, -0.2) is 48.1 Å². The Morgan fingerprint density at radius 3 is 2.81 bits per heavy atom. The van der Waals surface area contributed by atoms with E-state index in [1.165, 1.54) is 30.7 Å². The molecule has 1 saturated heterocycles. The van der Waals surface area contributed by atoms with Crippen LogP contribution in [0.1, 0.15) is 20.3 Å². The van der Waals surface area contributed by atoms with Crippen LogP contribution in [0.25, 0.3) is 0 Å². The van der Waals surface area contributed by atoms with Gasteiger partial charge in [-0.3, -0.25) is 14.5 Å². The van der Waals surface area contributed by atoms with Gasteiger partial charge in [0, 0.05) is 36.1 Å². The van der Waals surface area contributed by atoms with Gasteiger partial charge in [-0.2, -0.15) is 0 Å². The van der Waals surface area contributed by atoms with E-state index in [0.29, 0.717) is 24.4 Å². The summed E-state index contributed by atoms with van der Waals surface area (Å²) < 4.78 is 4.79. The van der Waals surface area contributed by atoms with E-state index < -0.39 is 5.97 Å². The average molecular weight is 310 g/mol. The fraction of sp³-hybridized carbons (Fsp3) is 0.500. The van der Waals surface area contributed by atoms with Crippen molar-refractivity contribution in [3.05, 3.63) is 22.3 Å². The topological polar surface area (TPSA) is 75.7 Å². The normalized spacial score (nSPS) is 22.2. The number of hydrogen-bond donors (Lipinski definition) is 1. The molecule has 1 fully saturated rings. The predicted octanol–water partition coefficient (Wildman–Crippen LogP) is 0.801. The van der Waals surface area contributed by atoms with Crippen LogP contribution in [0.5, 0.6) is 0 Å². The number of hydrogen-bond acceptors (Lipinski definition) is 5. The monoisotopic (exact) mass is 310 g/mol. The van der Waals surface area contributed by atoms with Gasteiger partial charge in [-0.1, -0.05) is 6.08 Å². The first-order valence-corrected chi connectivity index (χ1v) is 7.68. The van der Waals surface area contributed by atoms with E-state index in [1.54, 1.807) is 6.08 Å². The minimum atomic E-state index is -0.483. The summed E-state index contributed by atoms with van der Waals surface area (Å²) in [5, 5.41) is 2.70. The van der Waals surface area contributed by atoms with Gasteiger partial charge in [0.1, 0.15) is 5.70 Å². The number of carbonyl (C=O) groups is 3. The maximum absolute atomic E-state index is 12.0. The lowest BCUT2D eigenvalue weighted by molar-refractivity contribution is -0.144. The largest absolute Gasteiger partial charge is 0.464 e. The fourth-order valence-electron chi connectivity index (χ4n) is 2.51. The number of ether oxygens (including phenoxy) is 1. The van der Waals surface area contributed by atoms with E-state index in [2.05, 4.69) is 5.32 Å². The molecule has 0 spiro atoms. The lowest BCUT2D eigenvalue weighted by atomic mass is 9.94. The molecule has 2 amide bonds. The number of amides is 2. The number of nitrogens with one attached hydrogen (secondary N) is 1. The summed E-state index contributed by atoms with van der Waals surface area (Å²) in [5.74, 6) is -0.0437. The molecular weight excluding hydrogens is 292 g/mol. The van der Waals surface area contributed by atoms with Crippen LogP contribution in [0.3, 0.4) is 0 Å². The number of carbonyl (C=O) groups excluding carboxylic acids is 3. The summed E-state index contributed by atoms with van der Waals surface area (Å²) in [7, 11) is 1.31. The van der Waals surface area contributed by atoms with Gasteiger partial charge in [0.15, 0.2) is 0 Å². The molecule has 0 bridgehead atoms. The van der Waals surface area contributed by atoms with Crippen LogP contribution in [0, 0.1) is 0 Å². The molecule has 1 atom stereocenters. The van der Waals surface area contributed by atoms with Crippen LogP contribution in [-0.2, 0) is 19.1 Å². The summed E-state index contributed by atoms with van der Waals surface area (Å²) in [6, 6.07) is -0.0418. The summed E-state index contributed by atoms with van der Waals surface area (Å²) in [4.78, 5) is 37.1. The number of nitrogens with zero attached hydrogens (tertiary/aromatic N) is 1. The van der Waals surface area contributed by atoms with Crippen LogP contribution in [0.4, 0.5) is 0 Å². The highest BCUT2D eigenvalue weighted by atomic mass is 32.2. The van der Waals surface area contributed by atoms with Crippen LogP contribution >= 0.6 is 11.8 Å². The molecule has 2 heterocycles. The maximum Gasteiger partial charge on any atom is 0.355 e. The van der Waals surface area contributed by atoms with E-state index in [-0.39, 0.29) is 17.9 Å². The van der Waals surface area contributed by atoms with Gasteiger partial charge in [-0.15, -0.1) is 11.8 Å². The molecule has 0 saturated carbocycles. The van der Waals surface area contributed by atoms with Gasteiger partial charge in [-0.25, -0.2) is 4.79 Å². The summed E-state index contributed by atoms with van der Waals surface area (Å²) in [5.41, 5.74) is 1.10. The quantitative estimate of drug-likeness (QED) is 0.352. The van der Waals surface area contributed by atoms with Gasteiger partial charge in [0.2, 0.25) is 5.91 Å². The number of rotatable bonds is 5. The van der Waals surface area contributed by atoms with Crippen molar-refractivity contribution in [1.29, 1.82) is 0 Å². The molecule has 0 aromatic heterocycles. The molecule has 6 nitrogen and oxygen atoms in total. The molecule has 2 aliphatic rings. The molecule has 0 radical (unpaired) electrons. The third-order valence-electron chi connectivity index (χ3n) is 3.46. The highest BCUT2D eigenvalue weighted by molar-refractivity contribution is 8.03. The minimum Gasteiger partial charge on any atom is -0.464 e.